The number of fused-ring (bicyclic) bond motifs is 1. The molecule has 1 atom stereocenters. The van der Waals surface area contributed by atoms with Crippen LogP contribution in [0, 0.1) is 0 Å². The van der Waals surface area contributed by atoms with Crippen LogP contribution in [0.15, 0.2) is 12.4 Å². The molecule has 2 aromatic rings. The van der Waals surface area contributed by atoms with Gasteiger partial charge in [0, 0.05) is 32.1 Å². The summed E-state index contributed by atoms with van der Waals surface area (Å²) in [5, 5.41) is 27.2. The van der Waals surface area contributed by atoms with E-state index < -0.39 is 11.3 Å². The molecule has 1 fully saturated rings. The molecule has 0 bridgehead atoms. The number of aliphatic hydroxyl groups is 2. The van der Waals surface area contributed by atoms with Gasteiger partial charge in [0.2, 0.25) is 5.95 Å². The van der Waals surface area contributed by atoms with E-state index in [1.807, 2.05) is 0 Å². The number of ether oxygens (including phenoxy) is 1. The van der Waals surface area contributed by atoms with Crippen LogP contribution in [0.1, 0.15) is 26.7 Å². The normalized spacial score (nSPS) is 21.1. The number of nitrogens with one attached hydrogen (secondary N) is 2. The van der Waals surface area contributed by atoms with Crippen LogP contribution in [0.4, 0.5) is 23.3 Å². The van der Waals surface area contributed by atoms with Crippen molar-refractivity contribution in [2.24, 2.45) is 0 Å². The van der Waals surface area contributed by atoms with E-state index in [0.29, 0.717) is 56.4 Å². The Balaban J connectivity index is 1.80. The smallest absolute Gasteiger partial charge is 0.219 e. The van der Waals surface area contributed by atoms with Crippen molar-refractivity contribution in [2.45, 2.75) is 38.0 Å². The van der Waals surface area contributed by atoms with E-state index in [4.69, 9.17) is 15.5 Å². The van der Waals surface area contributed by atoms with Gasteiger partial charge in [0.15, 0.2) is 17.5 Å². The molecular weight excluding hydrogens is 388 g/mol. The highest BCUT2D eigenvalue weighted by Crippen LogP contribution is 2.45. The van der Waals surface area contributed by atoms with Gasteiger partial charge in [-0.2, -0.15) is 0 Å². The van der Waals surface area contributed by atoms with E-state index in [9.17, 15) is 10.2 Å². The molecule has 0 aliphatic carbocycles. The SMILES string of the molecule is CC(C)(O)C1(CCCO)Nc2nc(-c3cnc(N)nc3)nc(N3CCOCC3)c2N1. The van der Waals surface area contributed by atoms with E-state index >= 15 is 0 Å². The Kier molecular flexibility index (Phi) is 5.35. The van der Waals surface area contributed by atoms with Crippen molar-refractivity contribution in [2.75, 3.05) is 54.2 Å². The first-order chi connectivity index (χ1) is 14.3. The molecule has 162 valence electrons. The second-order valence-corrected chi connectivity index (χ2v) is 8.07. The zero-order valence-electron chi connectivity index (χ0n) is 17.2. The third-order valence-electron chi connectivity index (χ3n) is 5.56. The van der Waals surface area contributed by atoms with Gasteiger partial charge in [-0.1, -0.05) is 0 Å². The lowest BCUT2D eigenvalue weighted by atomic mass is 9.87. The fraction of sp³-hybridized carbons (Fsp3) is 0.579. The minimum atomic E-state index is -1.14. The Hall–Kier alpha value is -2.76. The molecular formula is C19H28N8O3. The third-order valence-corrected chi connectivity index (χ3v) is 5.56. The van der Waals surface area contributed by atoms with Gasteiger partial charge in [0.1, 0.15) is 17.0 Å². The number of nitrogen functional groups attached to an aromatic ring is 1. The summed E-state index contributed by atoms with van der Waals surface area (Å²) in [4.78, 5) is 19.7. The van der Waals surface area contributed by atoms with Crippen molar-refractivity contribution in [1.29, 1.82) is 0 Å². The monoisotopic (exact) mass is 416 g/mol. The molecule has 2 aliphatic heterocycles. The molecule has 0 amide bonds. The fourth-order valence-electron chi connectivity index (χ4n) is 3.77. The van der Waals surface area contributed by atoms with E-state index in [1.165, 1.54) is 0 Å². The summed E-state index contributed by atoms with van der Waals surface area (Å²) in [6.45, 7) is 6.07. The van der Waals surface area contributed by atoms with Crippen molar-refractivity contribution < 1.29 is 14.9 Å². The molecule has 0 spiro atoms. The molecule has 1 unspecified atom stereocenters. The third kappa shape index (κ3) is 3.71. The van der Waals surface area contributed by atoms with Crippen LogP contribution in [-0.2, 0) is 4.74 Å². The van der Waals surface area contributed by atoms with Crippen LogP contribution in [0.2, 0.25) is 0 Å². The maximum absolute atomic E-state index is 11.0. The first-order valence-corrected chi connectivity index (χ1v) is 10.1. The number of aromatic nitrogens is 4. The van der Waals surface area contributed by atoms with Crippen molar-refractivity contribution in [3.05, 3.63) is 12.4 Å². The molecule has 11 nitrogen and oxygen atoms in total. The summed E-state index contributed by atoms with van der Waals surface area (Å²) < 4.78 is 5.49. The van der Waals surface area contributed by atoms with Crippen LogP contribution >= 0.6 is 0 Å². The van der Waals surface area contributed by atoms with Gasteiger partial charge < -0.3 is 36.2 Å². The average Bonchev–Trinajstić information content (AvgIpc) is 3.13. The molecule has 6 N–H and O–H groups in total. The summed E-state index contributed by atoms with van der Waals surface area (Å²) in [6.07, 6.45) is 4.18. The summed E-state index contributed by atoms with van der Waals surface area (Å²) >= 11 is 0. The number of morpholine rings is 1. The number of hydrogen-bond donors (Lipinski definition) is 5. The van der Waals surface area contributed by atoms with Gasteiger partial charge in [-0.3, -0.25) is 0 Å². The van der Waals surface area contributed by atoms with E-state index in [-0.39, 0.29) is 12.6 Å². The van der Waals surface area contributed by atoms with Crippen LogP contribution in [0.3, 0.4) is 0 Å². The number of aliphatic hydroxyl groups excluding tert-OH is 1. The topological polar surface area (TPSA) is 155 Å². The lowest BCUT2D eigenvalue weighted by Crippen LogP contribution is -2.59. The van der Waals surface area contributed by atoms with Crippen molar-refractivity contribution in [3.63, 3.8) is 0 Å². The maximum atomic E-state index is 11.0. The van der Waals surface area contributed by atoms with Gasteiger partial charge >= 0.3 is 0 Å². The number of nitrogens with zero attached hydrogens (tertiary/aromatic N) is 5. The molecule has 0 radical (unpaired) electrons. The second-order valence-electron chi connectivity index (χ2n) is 8.07. The van der Waals surface area contributed by atoms with Crippen molar-refractivity contribution in [1.82, 2.24) is 19.9 Å². The minimum absolute atomic E-state index is 0.0214. The largest absolute Gasteiger partial charge is 0.396 e. The molecule has 0 aromatic carbocycles. The Bertz CT molecular complexity index is 896. The molecule has 30 heavy (non-hydrogen) atoms. The maximum Gasteiger partial charge on any atom is 0.219 e. The van der Waals surface area contributed by atoms with Crippen LogP contribution in [0.5, 0.6) is 0 Å². The Morgan fingerprint density at radius 1 is 1.20 bits per heavy atom. The highest BCUT2D eigenvalue weighted by Gasteiger charge is 2.49. The van der Waals surface area contributed by atoms with Crippen molar-refractivity contribution >= 4 is 23.3 Å². The van der Waals surface area contributed by atoms with Crippen LogP contribution in [-0.4, -0.2) is 74.3 Å². The second kappa shape index (κ2) is 7.82. The first kappa shape index (κ1) is 20.5. The average molecular weight is 416 g/mol. The number of hydrogen-bond acceptors (Lipinski definition) is 11. The van der Waals surface area contributed by atoms with E-state index in [2.05, 4.69) is 30.5 Å². The Morgan fingerprint density at radius 2 is 1.90 bits per heavy atom. The predicted molar refractivity (Wildman–Crippen MR) is 113 cm³/mol. The summed E-state index contributed by atoms with van der Waals surface area (Å²) in [5.41, 5.74) is 4.93. The first-order valence-electron chi connectivity index (χ1n) is 10.1. The lowest BCUT2D eigenvalue weighted by molar-refractivity contribution is 0.0160. The lowest BCUT2D eigenvalue weighted by Gasteiger charge is -2.41. The van der Waals surface area contributed by atoms with Crippen LogP contribution in [0.25, 0.3) is 11.4 Å². The van der Waals surface area contributed by atoms with Crippen molar-refractivity contribution in [3.8, 4) is 11.4 Å². The number of rotatable bonds is 6. The minimum Gasteiger partial charge on any atom is -0.396 e. The zero-order chi connectivity index (χ0) is 21.4. The van der Waals surface area contributed by atoms with Gasteiger partial charge in [-0.05, 0) is 26.7 Å². The van der Waals surface area contributed by atoms with Crippen LogP contribution < -0.4 is 21.3 Å². The molecule has 4 rings (SSSR count). The molecule has 4 heterocycles. The quantitative estimate of drug-likeness (QED) is 0.445. The van der Waals surface area contributed by atoms with Gasteiger partial charge in [-0.25, -0.2) is 19.9 Å². The standard InChI is InChI=1S/C19H28N8O3/c1-18(2,29)19(4-3-7-28)25-13-15(26-19)23-14(12-10-21-17(20)22-11-12)24-16(13)27-5-8-30-9-6-27/h10-11,25,28-29H,3-9H2,1-2H3,(H2,20,21,22)(H,23,24,26). The highest BCUT2D eigenvalue weighted by atomic mass is 16.5. The van der Waals surface area contributed by atoms with Gasteiger partial charge in [-0.15, -0.1) is 0 Å². The van der Waals surface area contributed by atoms with Gasteiger partial charge in [0.25, 0.3) is 0 Å². The molecule has 2 aromatic heterocycles. The highest BCUT2D eigenvalue weighted by molar-refractivity contribution is 5.85. The number of anilines is 4. The number of nitrogens with two attached hydrogens (primary N) is 1. The zero-order valence-corrected chi connectivity index (χ0v) is 17.2. The predicted octanol–water partition coefficient (Wildman–Crippen LogP) is 0.429. The molecule has 2 aliphatic rings. The molecule has 1 saturated heterocycles. The Morgan fingerprint density at radius 3 is 2.53 bits per heavy atom. The summed E-state index contributed by atoms with van der Waals surface area (Å²) in [7, 11) is 0. The Labute approximate surface area is 174 Å². The van der Waals surface area contributed by atoms with Gasteiger partial charge in [0.05, 0.1) is 18.8 Å². The summed E-state index contributed by atoms with van der Waals surface area (Å²) in [5.74, 6) is 1.94. The summed E-state index contributed by atoms with van der Waals surface area (Å²) in [6, 6.07) is 0. The van der Waals surface area contributed by atoms with E-state index in [1.54, 1.807) is 26.2 Å². The molecule has 0 saturated carbocycles. The molecule has 11 heteroatoms. The fourth-order valence-corrected chi connectivity index (χ4v) is 3.77. The van der Waals surface area contributed by atoms with E-state index in [0.717, 1.165) is 11.5 Å².